The van der Waals surface area contributed by atoms with Crippen LogP contribution in [0.2, 0.25) is 0 Å². The van der Waals surface area contributed by atoms with Crippen molar-refractivity contribution in [2.45, 2.75) is 12.5 Å². The van der Waals surface area contributed by atoms with Crippen molar-refractivity contribution in [1.29, 1.82) is 0 Å². The van der Waals surface area contributed by atoms with Gasteiger partial charge in [0.2, 0.25) is 0 Å². The summed E-state index contributed by atoms with van der Waals surface area (Å²) in [6.45, 7) is 0. The fraction of sp³-hybridized carbons (Fsp3) is 0.222. The molecular formula is C9H9N3O7. The van der Waals surface area contributed by atoms with Crippen LogP contribution in [0.15, 0.2) is 12.1 Å². The molecule has 10 heteroatoms. The predicted octanol–water partition coefficient (Wildman–Crippen LogP) is 0.163. The van der Waals surface area contributed by atoms with E-state index in [-0.39, 0.29) is 5.56 Å². The van der Waals surface area contributed by atoms with Crippen LogP contribution < -0.4 is 5.73 Å². The Labute approximate surface area is 105 Å². The van der Waals surface area contributed by atoms with Crippen molar-refractivity contribution in [1.82, 2.24) is 0 Å². The molecule has 0 aliphatic rings. The van der Waals surface area contributed by atoms with E-state index < -0.39 is 45.4 Å². The van der Waals surface area contributed by atoms with E-state index in [2.05, 4.69) is 0 Å². The third kappa shape index (κ3) is 2.93. The predicted molar refractivity (Wildman–Crippen MR) is 60.7 cm³/mol. The van der Waals surface area contributed by atoms with E-state index in [0.29, 0.717) is 0 Å². The maximum Gasteiger partial charge on any atom is 0.321 e. The first kappa shape index (κ1) is 14.3. The molecule has 0 fully saturated rings. The molecule has 1 aromatic rings. The molecule has 0 heterocycles. The van der Waals surface area contributed by atoms with Crippen LogP contribution in [0.5, 0.6) is 5.75 Å². The molecule has 0 aliphatic heterocycles. The van der Waals surface area contributed by atoms with E-state index in [1.165, 1.54) is 0 Å². The Hall–Kier alpha value is -2.75. The van der Waals surface area contributed by atoms with Crippen LogP contribution in [-0.2, 0) is 11.2 Å². The molecule has 0 amide bonds. The first-order valence-electron chi connectivity index (χ1n) is 4.87. The minimum Gasteiger partial charge on any atom is -0.497 e. The van der Waals surface area contributed by atoms with Crippen molar-refractivity contribution in [3.63, 3.8) is 0 Å². The van der Waals surface area contributed by atoms with E-state index in [1.54, 1.807) is 0 Å². The number of aromatic hydroxyl groups is 1. The number of nitro benzene ring substituents is 2. The van der Waals surface area contributed by atoms with E-state index in [0.717, 1.165) is 12.1 Å². The number of carboxylic acids is 1. The minimum absolute atomic E-state index is 0.192. The fourth-order valence-corrected chi connectivity index (χ4v) is 1.45. The normalized spacial score (nSPS) is 11.8. The van der Waals surface area contributed by atoms with Crippen LogP contribution in [0.4, 0.5) is 11.4 Å². The van der Waals surface area contributed by atoms with E-state index >= 15 is 0 Å². The second-order valence-electron chi connectivity index (χ2n) is 3.60. The van der Waals surface area contributed by atoms with Crippen LogP contribution in [0.25, 0.3) is 0 Å². The van der Waals surface area contributed by atoms with Gasteiger partial charge in [0.1, 0.15) is 6.04 Å². The number of hydrogen-bond acceptors (Lipinski definition) is 7. The Balaban J connectivity index is 3.34. The highest BCUT2D eigenvalue weighted by Gasteiger charge is 2.30. The second-order valence-corrected chi connectivity index (χ2v) is 3.60. The fourth-order valence-electron chi connectivity index (χ4n) is 1.45. The third-order valence-electron chi connectivity index (χ3n) is 2.35. The molecular weight excluding hydrogens is 262 g/mol. The lowest BCUT2D eigenvalue weighted by Gasteiger charge is -2.08. The zero-order chi connectivity index (χ0) is 14.7. The molecule has 0 radical (unpaired) electrons. The van der Waals surface area contributed by atoms with Crippen LogP contribution in [0.1, 0.15) is 5.56 Å². The number of rotatable bonds is 5. The van der Waals surface area contributed by atoms with Crippen molar-refractivity contribution in [2.24, 2.45) is 5.73 Å². The average Bonchev–Trinajstić information content (AvgIpc) is 2.27. The Morgan fingerprint density at radius 2 is 1.89 bits per heavy atom. The largest absolute Gasteiger partial charge is 0.497 e. The molecule has 0 saturated carbocycles. The van der Waals surface area contributed by atoms with Gasteiger partial charge in [-0.25, -0.2) is 0 Å². The maximum absolute atomic E-state index is 10.8. The Morgan fingerprint density at radius 1 is 1.32 bits per heavy atom. The number of nitro groups is 2. The topological polar surface area (TPSA) is 170 Å². The smallest absolute Gasteiger partial charge is 0.321 e. The third-order valence-corrected chi connectivity index (χ3v) is 2.35. The van der Waals surface area contributed by atoms with Crippen molar-refractivity contribution in [3.8, 4) is 5.75 Å². The van der Waals surface area contributed by atoms with Gasteiger partial charge in [-0.1, -0.05) is 0 Å². The number of carboxylic acid groups (broad SMARTS) is 1. The summed E-state index contributed by atoms with van der Waals surface area (Å²) in [5.74, 6) is -2.50. The summed E-state index contributed by atoms with van der Waals surface area (Å²) in [5, 5.41) is 39.5. The van der Waals surface area contributed by atoms with E-state index in [1.807, 2.05) is 0 Å². The van der Waals surface area contributed by atoms with Crippen LogP contribution in [-0.4, -0.2) is 32.1 Å². The lowest BCUT2D eigenvalue weighted by molar-refractivity contribution is -0.396. The standard InChI is InChI=1S/C9H9N3O7/c10-5(9(14)15)3-4-1-2-6(11(16)17)8(13)7(4)12(18)19/h1-2,5,13H,3,10H2,(H,14,15)/t5-/m0/s1. The number of phenols is 1. The molecule has 1 aromatic carbocycles. The van der Waals surface area contributed by atoms with Crippen molar-refractivity contribution in [2.75, 3.05) is 0 Å². The summed E-state index contributed by atoms with van der Waals surface area (Å²) in [5.41, 5.74) is 3.29. The number of phenolic OH excluding ortho intramolecular Hbond substituents is 1. The summed E-state index contributed by atoms with van der Waals surface area (Å²) >= 11 is 0. The number of benzene rings is 1. The number of aliphatic carboxylic acids is 1. The average molecular weight is 271 g/mol. The monoisotopic (exact) mass is 271 g/mol. The Bertz CT molecular complexity index is 557. The molecule has 4 N–H and O–H groups in total. The molecule has 10 nitrogen and oxygen atoms in total. The lowest BCUT2D eigenvalue weighted by atomic mass is 10.0. The molecule has 0 aromatic heterocycles. The molecule has 0 bridgehead atoms. The molecule has 19 heavy (non-hydrogen) atoms. The number of nitrogens with zero attached hydrogens (tertiary/aromatic N) is 2. The zero-order valence-corrected chi connectivity index (χ0v) is 9.35. The van der Waals surface area contributed by atoms with Crippen LogP contribution >= 0.6 is 0 Å². The van der Waals surface area contributed by atoms with Gasteiger partial charge in [-0.15, -0.1) is 0 Å². The highest BCUT2D eigenvalue weighted by molar-refractivity contribution is 5.74. The molecule has 0 unspecified atom stereocenters. The molecule has 0 saturated heterocycles. The summed E-state index contributed by atoms with van der Waals surface area (Å²) in [4.78, 5) is 29.9. The van der Waals surface area contributed by atoms with Gasteiger partial charge in [0.05, 0.1) is 9.85 Å². The van der Waals surface area contributed by atoms with Gasteiger partial charge in [-0.05, 0) is 6.07 Å². The van der Waals surface area contributed by atoms with Crippen LogP contribution in [0.3, 0.4) is 0 Å². The lowest BCUT2D eigenvalue weighted by Crippen LogP contribution is -2.32. The molecule has 1 rings (SSSR count). The summed E-state index contributed by atoms with van der Waals surface area (Å²) in [6, 6.07) is 0.435. The quantitative estimate of drug-likeness (QED) is 0.502. The SMILES string of the molecule is N[C@@H](Cc1ccc([N+](=O)[O-])c(O)c1[N+](=O)[O-])C(=O)O. The van der Waals surface area contributed by atoms with Gasteiger partial charge >= 0.3 is 17.3 Å². The molecule has 0 aliphatic carbocycles. The Kier molecular flexibility index (Phi) is 3.97. The van der Waals surface area contributed by atoms with Gasteiger partial charge < -0.3 is 15.9 Å². The number of nitrogens with two attached hydrogens (primary N) is 1. The first-order chi connectivity index (χ1) is 8.75. The zero-order valence-electron chi connectivity index (χ0n) is 9.35. The van der Waals surface area contributed by atoms with Crippen LogP contribution in [0, 0.1) is 20.2 Å². The number of carbonyl (C=O) groups is 1. The van der Waals surface area contributed by atoms with Gasteiger partial charge in [-0.2, -0.15) is 0 Å². The summed E-state index contributed by atoms with van der Waals surface area (Å²) in [7, 11) is 0. The highest BCUT2D eigenvalue weighted by Crippen LogP contribution is 2.38. The first-order valence-corrected chi connectivity index (χ1v) is 4.87. The molecule has 102 valence electrons. The summed E-state index contributed by atoms with van der Waals surface area (Å²) < 4.78 is 0. The molecule has 0 spiro atoms. The van der Waals surface area contributed by atoms with Crippen molar-refractivity contribution in [3.05, 3.63) is 37.9 Å². The second kappa shape index (κ2) is 5.27. The van der Waals surface area contributed by atoms with Gasteiger partial charge in [0.25, 0.3) is 5.75 Å². The van der Waals surface area contributed by atoms with E-state index in [4.69, 9.17) is 10.8 Å². The minimum atomic E-state index is -1.42. The van der Waals surface area contributed by atoms with Gasteiger partial charge in [0.15, 0.2) is 0 Å². The highest BCUT2D eigenvalue weighted by atomic mass is 16.6. The summed E-state index contributed by atoms with van der Waals surface area (Å²) in [6.07, 6.45) is -0.433. The Morgan fingerprint density at radius 3 is 2.32 bits per heavy atom. The van der Waals surface area contributed by atoms with Gasteiger partial charge in [0, 0.05) is 18.1 Å². The maximum atomic E-state index is 10.8. The van der Waals surface area contributed by atoms with Gasteiger partial charge in [-0.3, -0.25) is 25.0 Å². The van der Waals surface area contributed by atoms with E-state index in [9.17, 15) is 30.1 Å². The van der Waals surface area contributed by atoms with Crippen molar-refractivity contribution < 1.29 is 24.9 Å². The van der Waals surface area contributed by atoms with Crippen molar-refractivity contribution >= 4 is 17.3 Å². The molecule has 1 atom stereocenters. The number of hydrogen-bond donors (Lipinski definition) is 3.